The first kappa shape index (κ1) is 16.3. The predicted molar refractivity (Wildman–Crippen MR) is 82.1 cm³/mol. The molecule has 0 spiro atoms. The van der Waals surface area contributed by atoms with Gasteiger partial charge in [-0.2, -0.15) is 0 Å². The van der Waals surface area contributed by atoms with E-state index in [9.17, 15) is 4.79 Å². The number of likely N-dealkylation sites (tertiary alicyclic amines) is 1. The number of rotatable bonds is 6. The van der Waals surface area contributed by atoms with Crippen molar-refractivity contribution in [1.29, 1.82) is 0 Å². The zero-order chi connectivity index (χ0) is 14.6. The second kappa shape index (κ2) is 7.17. The van der Waals surface area contributed by atoms with Crippen LogP contribution in [0.4, 0.5) is 0 Å². The van der Waals surface area contributed by atoms with E-state index in [1.807, 2.05) is 7.05 Å². The van der Waals surface area contributed by atoms with Gasteiger partial charge in [0.15, 0.2) is 0 Å². The van der Waals surface area contributed by atoms with Gasteiger partial charge in [-0.25, -0.2) is 0 Å². The molecule has 0 bridgehead atoms. The number of likely N-dealkylation sites (N-methyl/N-ethyl adjacent to an activating group) is 2. The fraction of sp³-hybridized carbons (Fsp3) is 0.846. The molecule has 2 atom stereocenters. The molecule has 1 aliphatic rings. The summed E-state index contributed by atoms with van der Waals surface area (Å²) in [4.78, 5) is 18.7. The normalized spacial score (nSPS) is 23.8. The van der Waals surface area contributed by atoms with Gasteiger partial charge in [0.05, 0.1) is 11.5 Å². The molecule has 0 aromatic carbocycles. The van der Waals surface area contributed by atoms with E-state index in [4.69, 9.17) is 18.0 Å². The van der Waals surface area contributed by atoms with Crippen molar-refractivity contribution in [3.63, 3.8) is 0 Å². The summed E-state index contributed by atoms with van der Waals surface area (Å²) >= 11 is 4.83. The van der Waals surface area contributed by atoms with Crippen LogP contribution in [0.15, 0.2) is 0 Å². The Morgan fingerprint density at radius 3 is 2.47 bits per heavy atom. The lowest BCUT2D eigenvalue weighted by Gasteiger charge is -2.23. The van der Waals surface area contributed by atoms with Gasteiger partial charge in [0.2, 0.25) is 5.91 Å². The Labute approximate surface area is 121 Å². The van der Waals surface area contributed by atoms with Crippen LogP contribution in [0.3, 0.4) is 0 Å². The standard InChI is InChI=1S/C13H26N4OS/c1-10-7-17(8-11(10)15(2)3)9-13(18)16(4)6-5-12(14)19/h10-11H,5-9H2,1-4H3,(H2,14,19). The van der Waals surface area contributed by atoms with E-state index in [1.54, 1.807) is 4.90 Å². The molecule has 1 rings (SSSR count). The highest BCUT2D eigenvalue weighted by Gasteiger charge is 2.32. The monoisotopic (exact) mass is 286 g/mol. The van der Waals surface area contributed by atoms with Gasteiger partial charge in [-0.3, -0.25) is 9.69 Å². The third-order valence-corrected chi connectivity index (χ3v) is 3.99. The maximum absolute atomic E-state index is 12.1. The van der Waals surface area contributed by atoms with Gasteiger partial charge in [0, 0.05) is 39.1 Å². The zero-order valence-corrected chi connectivity index (χ0v) is 13.2. The third-order valence-electron chi connectivity index (χ3n) is 3.79. The van der Waals surface area contributed by atoms with Gasteiger partial charge >= 0.3 is 0 Å². The lowest BCUT2D eigenvalue weighted by molar-refractivity contribution is -0.130. The Bertz CT molecular complexity index is 335. The van der Waals surface area contributed by atoms with E-state index >= 15 is 0 Å². The first-order valence-electron chi connectivity index (χ1n) is 6.72. The molecule has 6 heteroatoms. The highest BCUT2D eigenvalue weighted by molar-refractivity contribution is 7.80. The number of hydrogen-bond donors (Lipinski definition) is 1. The molecule has 1 fully saturated rings. The van der Waals surface area contributed by atoms with Crippen LogP contribution in [0, 0.1) is 5.92 Å². The number of nitrogens with two attached hydrogens (primary N) is 1. The van der Waals surface area contributed by atoms with Crippen LogP contribution in [-0.4, -0.2) is 79.0 Å². The molecule has 1 aliphatic heterocycles. The highest BCUT2D eigenvalue weighted by Crippen LogP contribution is 2.19. The van der Waals surface area contributed by atoms with Crippen LogP contribution >= 0.6 is 12.2 Å². The van der Waals surface area contributed by atoms with Crippen molar-refractivity contribution in [1.82, 2.24) is 14.7 Å². The second-order valence-electron chi connectivity index (χ2n) is 5.73. The highest BCUT2D eigenvalue weighted by atomic mass is 32.1. The molecule has 0 aromatic rings. The summed E-state index contributed by atoms with van der Waals surface area (Å²) in [6.45, 7) is 5.28. The van der Waals surface area contributed by atoms with E-state index in [0.717, 1.165) is 13.1 Å². The van der Waals surface area contributed by atoms with Gasteiger partial charge in [-0.1, -0.05) is 19.1 Å². The Morgan fingerprint density at radius 1 is 1.37 bits per heavy atom. The topological polar surface area (TPSA) is 52.8 Å². The molecule has 1 amide bonds. The summed E-state index contributed by atoms with van der Waals surface area (Å²) in [5.74, 6) is 0.743. The number of thiocarbonyl (C=S) groups is 1. The summed E-state index contributed by atoms with van der Waals surface area (Å²) in [5, 5.41) is 0. The first-order valence-corrected chi connectivity index (χ1v) is 7.13. The molecule has 1 heterocycles. The molecular weight excluding hydrogens is 260 g/mol. The molecule has 19 heavy (non-hydrogen) atoms. The summed E-state index contributed by atoms with van der Waals surface area (Å²) in [7, 11) is 6.01. The maximum atomic E-state index is 12.1. The van der Waals surface area contributed by atoms with Crippen molar-refractivity contribution < 1.29 is 4.79 Å². The van der Waals surface area contributed by atoms with Crippen molar-refractivity contribution in [3.8, 4) is 0 Å². The fourth-order valence-corrected chi connectivity index (χ4v) is 2.66. The average Bonchev–Trinajstić information content (AvgIpc) is 2.67. The molecule has 110 valence electrons. The Kier molecular flexibility index (Phi) is 6.16. The largest absolute Gasteiger partial charge is 0.393 e. The van der Waals surface area contributed by atoms with Gasteiger partial charge in [-0.05, 0) is 20.0 Å². The van der Waals surface area contributed by atoms with E-state index in [0.29, 0.717) is 36.5 Å². The molecule has 5 nitrogen and oxygen atoms in total. The smallest absolute Gasteiger partial charge is 0.236 e. The molecule has 0 aliphatic carbocycles. The lowest BCUT2D eigenvalue weighted by atomic mass is 10.1. The summed E-state index contributed by atoms with van der Waals surface area (Å²) in [6.07, 6.45) is 0.592. The number of amides is 1. The number of carbonyl (C=O) groups excluding carboxylic acids is 1. The molecule has 0 radical (unpaired) electrons. The molecular formula is C13H26N4OS. The minimum Gasteiger partial charge on any atom is -0.393 e. The summed E-state index contributed by atoms with van der Waals surface area (Å²) < 4.78 is 0. The van der Waals surface area contributed by atoms with Crippen LogP contribution in [0.5, 0.6) is 0 Å². The quantitative estimate of drug-likeness (QED) is 0.697. The fourth-order valence-electron chi connectivity index (χ4n) is 2.56. The molecule has 0 aromatic heterocycles. The van der Waals surface area contributed by atoms with Crippen LogP contribution in [0.2, 0.25) is 0 Å². The molecule has 2 N–H and O–H groups in total. The van der Waals surface area contributed by atoms with Crippen molar-refractivity contribution in [2.24, 2.45) is 11.7 Å². The summed E-state index contributed by atoms with van der Waals surface area (Å²) in [5.41, 5.74) is 5.45. The van der Waals surface area contributed by atoms with Crippen LogP contribution < -0.4 is 5.73 Å². The van der Waals surface area contributed by atoms with Gasteiger partial charge in [-0.15, -0.1) is 0 Å². The number of carbonyl (C=O) groups is 1. The van der Waals surface area contributed by atoms with Gasteiger partial charge < -0.3 is 15.5 Å². The molecule has 0 saturated carbocycles. The first-order chi connectivity index (χ1) is 8.81. The Hall–Kier alpha value is -0.720. The van der Waals surface area contributed by atoms with Crippen molar-refractivity contribution in [2.75, 3.05) is 47.3 Å². The predicted octanol–water partition coefficient (Wildman–Crippen LogP) is 0.00290. The second-order valence-corrected chi connectivity index (χ2v) is 6.26. The van der Waals surface area contributed by atoms with E-state index in [1.165, 1.54) is 0 Å². The van der Waals surface area contributed by atoms with Crippen molar-refractivity contribution >= 4 is 23.1 Å². The SMILES string of the molecule is CC1CN(CC(=O)N(C)CCC(N)=S)CC1N(C)C. The number of hydrogen-bond acceptors (Lipinski definition) is 4. The van der Waals surface area contributed by atoms with Gasteiger partial charge in [0.1, 0.15) is 0 Å². The molecule has 2 unspecified atom stereocenters. The Balaban J connectivity index is 2.39. The third kappa shape index (κ3) is 5.04. The minimum absolute atomic E-state index is 0.142. The zero-order valence-electron chi connectivity index (χ0n) is 12.4. The van der Waals surface area contributed by atoms with E-state index in [-0.39, 0.29) is 5.91 Å². The lowest BCUT2D eigenvalue weighted by Crippen LogP contribution is -2.40. The minimum atomic E-state index is 0.142. The van der Waals surface area contributed by atoms with Crippen LogP contribution in [0.25, 0.3) is 0 Å². The maximum Gasteiger partial charge on any atom is 0.236 e. The number of nitrogens with zero attached hydrogens (tertiary/aromatic N) is 3. The summed E-state index contributed by atoms with van der Waals surface area (Å²) in [6, 6.07) is 0.537. The van der Waals surface area contributed by atoms with E-state index < -0.39 is 0 Å². The van der Waals surface area contributed by atoms with Crippen molar-refractivity contribution in [3.05, 3.63) is 0 Å². The van der Waals surface area contributed by atoms with Gasteiger partial charge in [0.25, 0.3) is 0 Å². The molecule has 1 saturated heterocycles. The van der Waals surface area contributed by atoms with Crippen molar-refractivity contribution in [2.45, 2.75) is 19.4 Å². The van der Waals surface area contributed by atoms with E-state index in [2.05, 4.69) is 30.8 Å². The van der Waals surface area contributed by atoms with Crippen LogP contribution in [0.1, 0.15) is 13.3 Å². The average molecular weight is 286 g/mol. The Morgan fingerprint density at radius 2 is 2.00 bits per heavy atom. The van der Waals surface area contributed by atoms with Crippen LogP contribution in [-0.2, 0) is 4.79 Å².